The number of fused-ring (bicyclic) bond motifs is 1. The highest BCUT2D eigenvalue weighted by molar-refractivity contribution is 5.92. The molecule has 3 aliphatic rings. The first kappa shape index (κ1) is 18.2. The zero-order valence-corrected chi connectivity index (χ0v) is 16.2. The highest BCUT2D eigenvalue weighted by Gasteiger charge is 2.66. The molecule has 27 heavy (non-hydrogen) atoms. The van der Waals surface area contributed by atoms with Gasteiger partial charge in [-0.05, 0) is 12.3 Å². The van der Waals surface area contributed by atoms with Crippen molar-refractivity contribution in [2.75, 3.05) is 20.1 Å². The highest BCUT2D eigenvalue weighted by Crippen LogP contribution is 2.52. The summed E-state index contributed by atoms with van der Waals surface area (Å²) in [6.07, 6.45) is 4.52. The third-order valence-electron chi connectivity index (χ3n) is 5.76. The molecule has 146 valence electrons. The van der Waals surface area contributed by atoms with Gasteiger partial charge in [-0.25, -0.2) is 0 Å². The predicted molar refractivity (Wildman–Crippen MR) is 95.3 cm³/mol. The molecule has 2 amide bonds. The summed E-state index contributed by atoms with van der Waals surface area (Å²) >= 11 is 0. The molecule has 8 nitrogen and oxygen atoms in total. The van der Waals surface area contributed by atoms with E-state index in [1.54, 1.807) is 18.9 Å². The molecule has 0 aromatic carbocycles. The zero-order valence-electron chi connectivity index (χ0n) is 16.2. The number of ether oxygens (including phenoxy) is 1. The van der Waals surface area contributed by atoms with Crippen molar-refractivity contribution in [3.63, 3.8) is 0 Å². The number of aryl methyl sites for hydroxylation is 1. The molecule has 8 heteroatoms. The topological polar surface area (TPSA) is 88.8 Å². The Kier molecular flexibility index (Phi) is 4.33. The molecule has 0 unspecified atom stereocenters. The Labute approximate surface area is 158 Å². The summed E-state index contributed by atoms with van der Waals surface area (Å²) in [5.74, 6) is 0.329. The summed E-state index contributed by atoms with van der Waals surface area (Å²) in [5, 5.41) is 7.74. The van der Waals surface area contributed by atoms with Gasteiger partial charge in [0.2, 0.25) is 23.6 Å². The van der Waals surface area contributed by atoms with E-state index in [0.29, 0.717) is 30.8 Å². The number of carbonyl (C=O) groups is 2. The highest BCUT2D eigenvalue weighted by atomic mass is 16.5. The lowest BCUT2D eigenvalue weighted by atomic mass is 9.76. The van der Waals surface area contributed by atoms with Crippen LogP contribution < -0.4 is 0 Å². The lowest BCUT2D eigenvalue weighted by Crippen LogP contribution is -2.44. The average Bonchev–Trinajstić information content (AvgIpc) is 3.34. The molecule has 3 aliphatic heterocycles. The fourth-order valence-electron chi connectivity index (χ4n) is 4.40. The monoisotopic (exact) mass is 374 g/mol. The molecule has 1 aromatic rings. The minimum Gasteiger partial charge on any atom is -0.424 e. The maximum absolute atomic E-state index is 13.2. The van der Waals surface area contributed by atoms with Crippen molar-refractivity contribution in [2.45, 2.75) is 45.4 Å². The number of amides is 2. The molecular weight excluding hydrogens is 348 g/mol. The Balaban J connectivity index is 1.51. The first-order chi connectivity index (χ1) is 12.8. The number of rotatable bonds is 6. The van der Waals surface area contributed by atoms with Crippen molar-refractivity contribution < 1.29 is 18.7 Å². The van der Waals surface area contributed by atoms with Gasteiger partial charge in [-0.2, -0.15) is 0 Å². The van der Waals surface area contributed by atoms with Crippen LogP contribution in [-0.2, 0) is 20.9 Å². The van der Waals surface area contributed by atoms with Gasteiger partial charge in [0.1, 0.15) is 5.60 Å². The average molecular weight is 374 g/mol. The number of carbonyl (C=O) groups excluding carboxylic acids is 2. The maximum atomic E-state index is 13.2. The number of likely N-dealkylation sites (tertiary alicyclic amines) is 1. The molecule has 4 atom stereocenters. The molecule has 4 heterocycles. The van der Waals surface area contributed by atoms with Gasteiger partial charge in [-0.3, -0.25) is 9.59 Å². The molecule has 1 spiro atoms. The number of hydrogen-bond donors (Lipinski definition) is 0. The Morgan fingerprint density at radius 2 is 2.22 bits per heavy atom. The third-order valence-corrected chi connectivity index (χ3v) is 5.76. The second-order valence-corrected chi connectivity index (χ2v) is 8.25. The summed E-state index contributed by atoms with van der Waals surface area (Å²) in [5.41, 5.74) is -0.652. The van der Waals surface area contributed by atoms with Gasteiger partial charge in [-0.15, -0.1) is 10.2 Å². The standard InChI is InChI=1S/C19H26N4O4/c1-11(2)6-8-23-10-19-7-5-13(27-19)15(16(19)18(23)25)17(24)22(4)9-14-21-20-12(3)26-14/h5,7,11,13,15-16H,6,8-10H2,1-4H3/t13-,15+,16-,19-/m0/s1. The van der Waals surface area contributed by atoms with E-state index in [4.69, 9.17) is 9.15 Å². The van der Waals surface area contributed by atoms with Crippen LogP contribution in [0.15, 0.2) is 16.6 Å². The minimum absolute atomic E-state index is 0.0304. The van der Waals surface area contributed by atoms with E-state index in [9.17, 15) is 9.59 Å². The van der Waals surface area contributed by atoms with Crippen LogP contribution in [0.5, 0.6) is 0 Å². The van der Waals surface area contributed by atoms with Crippen LogP contribution in [0.25, 0.3) is 0 Å². The Morgan fingerprint density at radius 3 is 2.89 bits per heavy atom. The normalized spacial score (nSPS) is 31.2. The number of hydrogen-bond acceptors (Lipinski definition) is 6. The molecule has 0 saturated carbocycles. The summed E-state index contributed by atoms with van der Waals surface area (Å²) in [6, 6.07) is 0. The summed E-state index contributed by atoms with van der Waals surface area (Å²) in [6.45, 7) is 7.45. The quantitative estimate of drug-likeness (QED) is 0.695. The molecular formula is C19H26N4O4. The van der Waals surface area contributed by atoms with Crippen LogP contribution in [0, 0.1) is 24.7 Å². The van der Waals surface area contributed by atoms with Crippen molar-refractivity contribution in [1.29, 1.82) is 0 Å². The van der Waals surface area contributed by atoms with E-state index in [0.717, 1.165) is 6.42 Å². The number of nitrogens with zero attached hydrogens (tertiary/aromatic N) is 4. The van der Waals surface area contributed by atoms with Gasteiger partial charge in [0.15, 0.2) is 0 Å². The van der Waals surface area contributed by atoms with Crippen LogP contribution >= 0.6 is 0 Å². The maximum Gasteiger partial charge on any atom is 0.235 e. The lowest BCUT2D eigenvalue weighted by molar-refractivity contribution is -0.143. The summed E-state index contributed by atoms with van der Waals surface area (Å²) < 4.78 is 11.5. The van der Waals surface area contributed by atoms with Crippen LogP contribution in [0.3, 0.4) is 0 Å². The Bertz CT molecular complexity index is 788. The fourth-order valence-corrected chi connectivity index (χ4v) is 4.40. The van der Waals surface area contributed by atoms with Crippen molar-refractivity contribution >= 4 is 11.8 Å². The second kappa shape index (κ2) is 6.44. The first-order valence-electron chi connectivity index (χ1n) is 9.50. The minimum atomic E-state index is -0.652. The van der Waals surface area contributed by atoms with Crippen LogP contribution in [0.4, 0.5) is 0 Å². The molecule has 0 radical (unpaired) electrons. The van der Waals surface area contributed by atoms with E-state index in [2.05, 4.69) is 24.0 Å². The fraction of sp³-hybridized carbons (Fsp3) is 0.684. The largest absolute Gasteiger partial charge is 0.424 e. The molecule has 2 saturated heterocycles. The molecule has 0 N–H and O–H groups in total. The van der Waals surface area contributed by atoms with Crippen LogP contribution in [0.2, 0.25) is 0 Å². The summed E-state index contributed by atoms with van der Waals surface area (Å²) in [4.78, 5) is 29.6. The van der Waals surface area contributed by atoms with Gasteiger partial charge in [-0.1, -0.05) is 26.0 Å². The van der Waals surface area contributed by atoms with Crippen molar-refractivity contribution in [1.82, 2.24) is 20.0 Å². The van der Waals surface area contributed by atoms with Crippen LogP contribution in [-0.4, -0.2) is 63.7 Å². The molecule has 0 aliphatic carbocycles. The second-order valence-electron chi connectivity index (χ2n) is 8.25. The van der Waals surface area contributed by atoms with Crippen molar-refractivity contribution in [3.05, 3.63) is 23.9 Å². The molecule has 4 rings (SSSR count). The van der Waals surface area contributed by atoms with Gasteiger partial charge < -0.3 is 19.0 Å². The Hall–Kier alpha value is -2.22. The smallest absolute Gasteiger partial charge is 0.235 e. The first-order valence-corrected chi connectivity index (χ1v) is 9.50. The van der Waals surface area contributed by atoms with E-state index in [1.165, 1.54) is 0 Å². The van der Waals surface area contributed by atoms with Crippen molar-refractivity contribution in [2.24, 2.45) is 17.8 Å². The zero-order chi connectivity index (χ0) is 19.3. The SMILES string of the molecule is Cc1nnc(CN(C)C(=O)[C@@H]2[C@@H]3C=C[C@@]4(CN(CCC(C)C)C(=O)[C@H]24)O3)o1. The Morgan fingerprint density at radius 1 is 1.44 bits per heavy atom. The summed E-state index contributed by atoms with van der Waals surface area (Å²) in [7, 11) is 1.69. The molecule has 2 bridgehead atoms. The molecule has 2 fully saturated rings. The van der Waals surface area contributed by atoms with E-state index in [1.807, 2.05) is 17.1 Å². The lowest BCUT2D eigenvalue weighted by Gasteiger charge is -2.27. The van der Waals surface area contributed by atoms with Gasteiger partial charge in [0, 0.05) is 20.5 Å². The van der Waals surface area contributed by atoms with Crippen LogP contribution in [0.1, 0.15) is 32.0 Å². The van der Waals surface area contributed by atoms with Gasteiger partial charge in [0.25, 0.3) is 0 Å². The van der Waals surface area contributed by atoms with E-state index < -0.39 is 17.4 Å². The third kappa shape index (κ3) is 2.96. The predicted octanol–water partition coefficient (Wildman–Crippen LogP) is 1.16. The van der Waals surface area contributed by atoms with E-state index in [-0.39, 0.29) is 24.5 Å². The number of aromatic nitrogens is 2. The molecule has 1 aromatic heterocycles. The van der Waals surface area contributed by atoms with Gasteiger partial charge >= 0.3 is 0 Å². The van der Waals surface area contributed by atoms with Gasteiger partial charge in [0.05, 0.1) is 31.0 Å². The van der Waals surface area contributed by atoms with E-state index >= 15 is 0 Å². The van der Waals surface area contributed by atoms with Crippen molar-refractivity contribution in [3.8, 4) is 0 Å².